The zero-order valence-electron chi connectivity index (χ0n) is 22.1. The molecule has 1 N–H and O–H groups in total. The van der Waals surface area contributed by atoms with Gasteiger partial charge in [0.25, 0.3) is 0 Å². The molecule has 0 atom stereocenters. The second-order valence-electron chi connectivity index (χ2n) is 9.64. The number of ether oxygens (including phenoxy) is 1. The summed E-state index contributed by atoms with van der Waals surface area (Å²) in [6, 6.07) is 15.9. The Balaban J connectivity index is 0.00000130. The van der Waals surface area contributed by atoms with Crippen molar-refractivity contribution in [3.05, 3.63) is 65.6 Å². The fourth-order valence-corrected chi connectivity index (χ4v) is 5.28. The Hall–Kier alpha value is -3.22. The quantitative estimate of drug-likeness (QED) is 0.400. The normalized spacial score (nSPS) is 16.5. The van der Waals surface area contributed by atoms with Crippen LogP contribution in [0.25, 0.3) is 33.3 Å². The molecule has 0 spiro atoms. The molecule has 5 heterocycles. The lowest BCUT2D eigenvalue weighted by Gasteiger charge is -2.42. The van der Waals surface area contributed by atoms with Crippen LogP contribution in [0.5, 0.6) is 0 Å². The van der Waals surface area contributed by atoms with Gasteiger partial charge in [-0.3, -0.25) is 9.88 Å². The molecule has 188 valence electrons. The van der Waals surface area contributed by atoms with Crippen LogP contribution in [0.1, 0.15) is 30.8 Å². The third-order valence-corrected chi connectivity index (χ3v) is 7.28. The predicted octanol–water partition coefficient (Wildman–Crippen LogP) is 5.76. The number of nitrogens with one attached hydrogen (secondary N) is 1. The molecule has 3 aromatic heterocycles. The summed E-state index contributed by atoms with van der Waals surface area (Å²) in [5.74, 6) is 1.07. The number of H-pyrrole nitrogens is 1. The minimum atomic E-state index is 0.621. The largest absolute Gasteiger partial charge is 0.378 e. The maximum absolute atomic E-state index is 5.35. The van der Waals surface area contributed by atoms with Crippen LogP contribution in [0, 0.1) is 20.8 Å². The second kappa shape index (κ2) is 10.4. The molecule has 0 aliphatic carbocycles. The van der Waals surface area contributed by atoms with Crippen molar-refractivity contribution in [1.82, 2.24) is 19.9 Å². The highest BCUT2D eigenvalue weighted by atomic mass is 16.5. The number of aromatic nitrogens is 3. The van der Waals surface area contributed by atoms with Gasteiger partial charge >= 0.3 is 0 Å². The van der Waals surface area contributed by atoms with Gasteiger partial charge in [0.2, 0.25) is 0 Å². The molecule has 36 heavy (non-hydrogen) atoms. The third kappa shape index (κ3) is 4.75. The molecular formula is C30H37N5O. The van der Waals surface area contributed by atoms with Crippen LogP contribution >= 0.6 is 0 Å². The second-order valence-corrected chi connectivity index (χ2v) is 9.64. The lowest BCUT2D eigenvalue weighted by Crippen LogP contribution is -2.56. The van der Waals surface area contributed by atoms with Crippen molar-refractivity contribution in [2.24, 2.45) is 0 Å². The Morgan fingerprint density at radius 2 is 1.53 bits per heavy atom. The number of hydrogen-bond acceptors (Lipinski definition) is 5. The van der Waals surface area contributed by atoms with Crippen LogP contribution in [0.3, 0.4) is 0 Å². The average molecular weight is 484 g/mol. The van der Waals surface area contributed by atoms with Crippen molar-refractivity contribution in [3.63, 3.8) is 0 Å². The Labute approximate surface area is 214 Å². The molecule has 2 aliphatic rings. The number of fused-ring (bicyclic) bond motifs is 1. The molecule has 6 heteroatoms. The molecule has 0 saturated carbocycles. The van der Waals surface area contributed by atoms with Crippen molar-refractivity contribution >= 4 is 16.7 Å². The average Bonchev–Trinajstić information content (AvgIpc) is 3.20. The molecule has 4 aromatic rings. The van der Waals surface area contributed by atoms with Gasteiger partial charge in [-0.2, -0.15) is 0 Å². The van der Waals surface area contributed by atoms with Gasteiger partial charge in [-0.15, -0.1) is 0 Å². The summed E-state index contributed by atoms with van der Waals surface area (Å²) in [4.78, 5) is 17.9. The molecular weight excluding hydrogens is 446 g/mol. The van der Waals surface area contributed by atoms with Crippen molar-refractivity contribution in [2.45, 2.75) is 40.7 Å². The first-order chi connectivity index (χ1) is 17.5. The number of anilines is 1. The van der Waals surface area contributed by atoms with E-state index in [1.165, 1.54) is 27.8 Å². The van der Waals surface area contributed by atoms with Crippen molar-refractivity contribution in [3.8, 4) is 22.4 Å². The number of nitrogens with zero attached hydrogens (tertiary/aromatic N) is 4. The molecule has 0 unspecified atom stereocenters. The summed E-state index contributed by atoms with van der Waals surface area (Å²) >= 11 is 0. The summed E-state index contributed by atoms with van der Waals surface area (Å²) in [6.45, 7) is 16.3. The highest BCUT2D eigenvalue weighted by molar-refractivity contribution is 5.93. The fourth-order valence-electron chi connectivity index (χ4n) is 5.28. The van der Waals surface area contributed by atoms with E-state index in [-0.39, 0.29) is 0 Å². The topological polar surface area (TPSA) is 57.3 Å². The monoisotopic (exact) mass is 483 g/mol. The van der Waals surface area contributed by atoms with Gasteiger partial charge in [0.15, 0.2) is 0 Å². The SMILES string of the molecule is CC.Cc1cc(-c2[nH]c3cc(-c4ccc(N5CCN(C6COC6)CC5)nc4)ccc3c2C)cc(C)n1. The van der Waals surface area contributed by atoms with Crippen molar-refractivity contribution in [2.75, 3.05) is 44.3 Å². The zero-order valence-corrected chi connectivity index (χ0v) is 22.1. The van der Waals surface area contributed by atoms with Crippen LogP contribution in [0.4, 0.5) is 5.82 Å². The van der Waals surface area contributed by atoms with E-state index >= 15 is 0 Å². The van der Waals surface area contributed by atoms with E-state index in [0.29, 0.717) is 6.04 Å². The first kappa shape index (κ1) is 24.5. The Bertz CT molecular complexity index is 1310. The smallest absolute Gasteiger partial charge is 0.128 e. The van der Waals surface area contributed by atoms with Gasteiger partial charge in [0, 0.05) is 71.5 Å². The molecule has 0 radical (unpaired) electrons. The van der Waals surface area contributed by atoms with E-state index in [4.69, 9.17) is 9.72 Å². The van der Waals surface area contributed by atoms with Crippen LogP contribution in [0.2, 0.25) is 0 Å². The van der Waals surface area contributed by atoms with Gasteiger partial charge in [-0.1, -0.05) is 26.0 Å². The molecule has 2 saturated heterocycles. The number of benzene rings is 1. The number of aromatic amines is 1. The third-order valence-electron chi connectivity index (χ3n) is 7.28. The summed E-state index contributed by atoms with van der Waals surface area (Å²) in [5, 5.41) is 1.25. The van der Waals surface area contributed by atoms with Crippen molar-refractivity contribution < 1.29 is 4.74 Å². The maximum atomic E-state index is 5.35. The van der Waals surface area contributed by atoms with E-state index in [1.807, 2.05) is 33.9 Å². The summed E-state index contributed by atoms with van der Waals surface area (Å²) in [5.41, 5.74) is 9.18. The van der Waals surface area contributed by atoms with Gasteiger partial charge in [-0.25, -0.2) is 4.98 Å². The molecule has 0 amide bonds. The van der Waals surface area contributed by atoms with Crippen LogP contribution in [-0.4, -0.2) is 65.3 Å². The Kier molecular flexibility index (Phi) is 7.08. The van der Waals surface area contributed by atoms with Gasteiger partial charge < -0.3 is 14.6 Å². The van der Waals surface area contributed by atoms with E-state index in [2.05, 4.69) is 69.2 Å². The molecule has 2 fully saturated rings. The Morgan fingerprint density at radius 1 is 0.833 bits per heavy atom. The predicted molar refractivity (Wildman–Crippen MR) is 149 cm³/mol. The summed E-state index contributed by atoms with van der Waals surface area (Å²) in [6.07, 6.45) is 2.01. The summed E-state index contributed by atoms with van der Waals surface area (Å²) < 4.78 is 5.35. The minimum absolute atomic E-state index is 0.621. The Morgan fingerprint density at radius 3 is 2.14 bits per heavy atom. The minimum Gasteiger partial charge on any atom is -0.378 e. The molecule has 1 aromatic carbocycles. The molecule has 6 rings (SSSR count). The van der Waals surface area contributed by atoms with Gasteiger partial charge in [0.1, 0.15) is 5.82 Å². The number of aryl methyl sites for hydroxylation is 3. The van der Waals surface area contributed by atoms with E-state index < -0.39 is 0 Å². The first-order valence-corrected chi connectivity index (χ1v) is 13.2. The number of piperazine rings is 1. The molecule has 2 aliphatic heterocycles. The summed E-state index contributed by atoms with van der Waals surface area (Å²) in [7, 11) is 0. The molecule has 6 nitrogen and oxygen atoms in total. The van der Waals surface area contributed by atoms with Crippen LogP contribution in [0.15, 0.2) is 48.7 Å². The lowest BCUT2D eigenvalue weighted by atomic mass is 10.0. The van der Waals surface area contributed by atoms with Gasteiger partial charge in [0.05, 0.1) is 19.3 Å². The number of hydrogen-bond donors (Lipinski definition) is 1. The van der Waals surface area contributed by atoms with Crippen molar-refractivity contribution in [1.29, 1.82) is 0 Å². The standard InChI is InChI=1S/C28H31N5O.C2H6/c1-18-12-23(13-19(2)30-18)28-20(3)25-6-4-21(14-26(25)31-28)22-5-7-27(29-15-22)33-10-8-32(9-11-33)24-16-34-17-24;1-2/h4-7,12-15,24,31H,8-11,16-17H2,1-3H3;1-2H3. The van der Waals surface area contributed by atoms with E-state index in [9.17, 15) is 0 Å². The number of rotatable bonds is 4. The maximum Gasteiger partial charge on any atom is 0.128 e. The highest BCUT2D eigenvalue weighted by Crippen LogP contribution is 2.33. The first-order valence-electron chi connectivity index (χ1n) is 13.2. The van der Waals surface area contributed by atoms with Gasteiger partial charge in [-0.05, 0) is 62.2 Å². The lowest BCUT2D eigenvalue weighted by molar-refractivity contribution is -0.0660. The molecule has 0 bridgehead atoms. The highest BCUT2D eigenvalue weighted by Gasteiger charge is 2.29. The number of pyridine rings is 2. The fraction of sp³-hybridized carbons (Fsp3) is 0.400. The van der Waals surface area contributed by atoms with Crippen LogP contribution in [-0.2, 0) is 4.74 Å². The zero-order chi connectivity index (χ0) is 25.2. The van der Waals surface area contributed by atoms with E-state index in [1.54, 1.807) is 0 Å². The van der Waals surface area contributed by atoms with Crippen LogP contribution < -0.4 is 4.90 Å². The van der Waals surface area contributed by atoms with E-state index in [0.717, 1.165) is 67.7 Å².